The summed E-state index contributed by atoms with van der Waals surface area (Å²) in [6, 6.07) is 31.6. The summed E-state index contributed by atoms with van der Waals surface area (Å²) in [6.07, 6.45) is 0. The van der Waals surface area contributed by atoms with Crippen LogP contribution in [0, 0.1) is 0 Å². The van der Waals surface area contributed by atoms with E-state index in [1.807, 2.05) is 60.7 Å². The molecule has 0 unspecified atom stereocenters. The average Bonchev–Trinajstić information content (AvgIpc) is 2.80. The first-order valence-electron chi connectivity index (χ1n) is 9.95. The van der Waals surface area contributed by atoms with Crippen molar-refractivity contribution in [2.45, 2.75) is 15.2 Å². The average molecular weight is 410 g/mol. The van der Waals surface area contributed by atoms with Gasteiger partial charge < -0.3 is 4.90 Å². The SMILES string of the molecule is CN1c2ccccc2C2(c3ccccc31)c1ccccc1S(=O)(=O)c1ccccc12. The van der Waals surface area contributed by atoms with Crippen LogP contribution in [0.25, 0.3) is 0 Å². The molecule has 2 aliphatic rings. The quantitative estimate of drug-likeness (QED) is 0.348. The molecular formula is C26H19NO2S. The third kappa shape index (κ3) is 1.92. The molecular weight excluding hydrogens is 390 g/mol. The Labute approximate surface area is 176 Å². The predicted molar refractivity (Wildman–Crippen MR) is 118 cm³/mol. The van der Waals surface area contributed by atoms with Crippen LogP contribution in [0.5, 0.6) is 0 Å². The van der Waals surface area contributed by atoms with Crippen LogP contribution in [0.1, 0.15) is 22.3 Å². The molecule has 0 atom stereocenters. The van der Waals surface area contributed by atoms with Crippen LogP contribution < -0.4 is 4.90 Å². The molecule has 1 spiro atoms. The minimum atomic E-state index is -3.61. The number of benzene rings is 4. The number of nitrogens with zero attached hydrogens (tertiary/aromatic N) is 1. The van der Waals surface area contributed by atoms with Gasteiger partial charge >= 0.3 is 0 Å². The Bertz CT molecular complexity index is 1340. The number of rotatable bonds is 0. The smallest absolute Gasteiger partial charge is 0.207 e. The maximum absolute atomic E-state index is 13.6. The largest absolute Gasteiger partial charge is 0.344 e. The Morgan fingerprint density at radius 2 is 0.933 bits per heavy atom. The third-order valence-corrected chi connectivity index (χ3v) is 8.37. The first-order chi connectivity index (χ1) is 14.6. The zero-order valence-corrected chi connectivity index (χ0v) is 17.2. The summed E-state index contributed by atoms with van der Waals surface area (Å²) in [5, 5.41) is 0. The number of hydrogen-bond acceptors (Lipinski definition) is 3. The molecule has 6 rings (SSSR count). The molecule has 0 radical (unpaired) electrons. The Kier molecular flexibility index (Phi) is 3.40. The summed E-state index contributed by atoms with van der Waals surface area (Å²) in [5.74, 6) is 0. The molecule has 146 valence electrons. The van der Waals surface area contributed by atoms with Crippen LogP contribution >= 0.6 is 0 Å². The molecule has 2 aliphatic heterocycles. The van der Waals surface area contributed by atoms with E-state index in [1.165, 1.54) is 0 Å². The van der Waals surface area contributed by atoms with Crippen molar-refractivity contribution in [1.82, 2.24) is 0 Å². The van der Waals surface area contributed by atoms with Gasteiger partial charge in [0, 0.05) is 18.4 Å². The van der Waals surface area contributed by atoms with Crippen molar-refractivity contribution in [3.8, 4) is 0 Å². The number of anilines is 2. The van der Waals surface area contributed by atoms with Gasteiger partial charge in [-0.25, -0.2) is 8.42 Å². The van der Waals surface area contributed by atoms with Crippen LogP contribution in [0.3, 0.4) is 0 Å². The highest BCUT2D eigenvalue weighted by Gasteiger charge is 2.52. The second-order valence-corrected chi connectivity index (χ2v) is 9.73. The van der Waals surface area contributed by atoms with E-state index >= 15 is 0 Å². The summed E-state index contributed by atoms with van der Waals surface area (Å²) in [6.45, 7) is 0. The van der Waals surface area contributed by atoms with E-state index in [4.69, 9.17) is 0 Å². The van der Waals surface area contributed by atoms with Crippen LogP contribution in [0.2, 0.25) is 0 Å². The van der Waals surface area contributed by atoms with Gasteiger partial charge in [0.2, 0.25) is 9.84 Å². The number of sulfone groups is 1. The first-order valence-corrected chi connectivity index (χ1v) is 11.4. The van der Waals surface area contributed by atoms with E-state index in [0.29, 0.717) is 9.79 Å². The van der Waals surface area contributed by atoms with Crippen LogP contribution in [0.4, 0.5) is 11.4 Å². The van der Waals surface area contributed by atoms with E-state index in [1.54, 1.807) is 12.1 Å². The van der Waals surface area contributed by atoms with Gasteiger partial charge in [-0.3, -0.25) is 0 Å². The van der Waals surface area contributed by atoms with Gasteiger partial charge in [0.1, 0.15) is 0 Å². The van der Waals surface area contributed by atoms with Gasteiger partial charge in [-0.15, -0.1) is 0 Å². The minimum absolute atomic E-state index is 0.387. The molecule has 0 bridgehead atoms. The van der Waals surface area contributed by atoms with Crippen molar-refractivity contribution >= 4 is 21.2 Å². The number of hydrogen-bond donors (Lipinski definition) is 0. The second kappa shape index (κ2) is 5.83. The fourth-order valence-corrected chi connectivity index (χ4v) is 7.08. The maximum Gasteiger partial charge on any atom is 0.207 e. The first kappa shape index (κ1) is 17.5. The molecule has 4 aromatic carbocycles. The lowest BCUT2D eigenvalue weighted by atomic mass is 9.62. The molecule has 0 fully saturated rings. The van der Waals surface area contributed by atoms with Crippen LogP contribution in [-0.2, 0) is 15.3 Å². The normalized spacial score (nSPS) is 16.9. The van der Waals surface area contributed by atoms with Crippen molar-refractivity contribution < 1.29 is 8.42 Å². The molecule has 30 heavy (non-hydrogen) atoms. The van der Waals surface area contributed by atoms with Crippen molar-refractivity contribution in [1.29, 1.82) is 0 Å². The fourth-order valence-electron chi connectivity index (χ4n) is 5.31. The zero-order valence-electron chi connectivity index (χ0n) is 16.4. The number of fused-ring (bicyclic) bond motifs is 8. The van der Waals surface area contributed by atoms with E-state index in [-0.39, 0.29) is 0 Å². The summed E-state index contributed by atoms with van der Waals surface area (Å²) in [5.41, 5.74) is 5.30. The fraction of sp³-hybridized carbons (Fsp3) is 0.0769. The molecule has 0 aromatic heterocycles. The lowest BCUT2D eigenvalue weighted by Gasteiger charge is -2.48. The van der Waals surface area contributed by atoms with Crippen LogP contribution in [-0.4, -0.2) is 15.5 Å². The van der Waals surface area contributed by atoms with E-state index in [2.05, 4.69) is 36.2 Å². The van der Waals surface area contributed by atoms with Gasteiger partial charge in [0.15, 0.2) is 0 Å². The summed E-state index contributed by atoms with van der Waals surface area (Å²) in [4.78, 5) is 2.97. The monoisotopic (exact) mass is 409 g/mol. The van der Waals surface area contributed by atoms with Gasteiger partial charge in [-0.1, -0.05) is 72.8 Å². The van der Waals surface area contributed by atoms with Crippen LogP contribution in [0.15, 0.2) is 107 Å². The van der Waals surface area contributed by atoms with Gasteiger partial charge in [0.25, 0.3) is 0 Å². The molecule has 2 heterocycles. The lowest BCUT2D eigenvalue weighted by Crippen LogP contribution is -2.42. The summed E-state index contributed by atoms with van der Waals surface area (Å²) < 4.78 is 27.2. The summed E-state index contributed by atoms with van der Waals surface area (Å²) >= 11 is 0. The van der Waals surface area contributed by atoms with Gasteiger partial charge in [-0.2, -0.15) is 0 Å². The predicted octanol–water partition coefficient (Wildman–Crippen LogP) is 5.30. The number of para-hydroxylation sites is 2. The zero-order chi connectivity index (χ0) is 20.5. The Balaban J connectivity index is 1.91. The molecule has 0 saturated carbocycles. The van der Waals surface area contributed by atoms with Crippen molar-refractivity contribution in [3.05, 3.63) is 119 Å². The molecule has 0 N–H and O–H groups in total. The maximum atomic E-state index is 13.6. The Morgan fingerprint density at radius 1 is 0.567 bits per heavy atom. The molecule has 0 aliphatic carbocycles. The van der Waals surface area contributed by atoms with Gasteiger partial charge in [-0.05, 0) is 46.5 Å². The third-order valence-electron chi connectivity index (χ3n) is 6.50. The van der Waals surface area contributed by atoms with E-state index < -0.39 is 15.3 Å². The Morgan fingerprint density at radius 3 is 1.40 bits per heavy atom. The summed E-state index contributed by atoms with van der Waals surface area (Å²) in [7, 11) is -1.54. The molecule has 3 nitrogen and oxygen atoms in total. The minimum Gasteiger partial charge on any atom is -0.344 e. The molecule has 0 saturated heterocycles. The second-order valence-electron chi connectivity index (χ2n) is 7.84. The standard InChI is InChI=1S/C26H19NO2S/c1-27-22-14-6-2-10-18(22)26(19-11-3-7-15-23(19)27)20-12-4-8-16-24(20)30(28,29)25-17-9-5-13-21(25)26/h2-17H,1H3. The molecule has 0 amide bonds. The lowest BCUT2D eigenvalue weighted by molar-refractivity contribution is 0.577. The van der Waals surface area contributed by atoms with Crippen molar-refractivity contribution in [2.24, 2.45) is 0 Å². The topological polar surface area (TPSA) is 37.4 Å². The highest BCUT2D eigenvalue weighted by Crippen LogP contribution is 2.59. The Hall–Kier alpha value is -3.37. The van der Waals surface area contributed by atoms with E-state index in [9.17, 15) is 8.42 Å². The van der Waals surface area contributed by atoms with Crippen molar-refractivity contribution in [3.63, 3.8) is 0 Å². The van der Waals surface area contributed by atoms with E-state index in [0.717, 1.165) is 33.6 Å². The molecule has 4 heteroatoms. The highest BCUT2D eigenvalue weighted by molar-refractivity contribution is 7.91. The highest BCUT2D eigenvalue weighted by atomic mass is 32.2. The van der Waals surface area contributed by atoms with Crippen molar-refractivity contribution in [2.75, 3.05) is 11.9 Å². The van der Waals surface area contributed by atoms with Gasteiger partial charge in [0.05, 0.1) is 15.2 Å². The molecule has 4 aromatic rings.